The monoisotopic (exact) mass is 296 g/mol. The van der Waals surface area contributed by atoms with Crippen LogP contribution in [0.3, 0.4) is 0 Å². The first-order valence-corrected chi connectivity index (χ1v) is 7.60. The van der Waals surface area contributed by atoms with Crippen molar-refractivity contribution in [3.05, 3.63) is 65.7 Å². The summed E-state index contributed by atoms with van der Waals surface area (Å²) in [7, 11) is 0. The zero-order chi connectivity index (χ0) is 15.2. The van der Waals surface area contributed by atoms with E-state index >= 15 is 0 Å². The van der Waals surface area contributed by atoms with Crippen molar-refractivity contribution in [2.24, 2.45) is 0 Å². The topological polar surface area (TPSA) is 50.4 Å². The Labute approximate surface area is 130 Å². The van der Waals surface area contributed by atoms with Crippen LogP contribution in [0.4, 0.5) is 0 Å². The summed E-state index contributed by atoms with van der Waals surface area (Å²) in [4.78, 5) is 12.4. The molecule has 0 aliphatic carbocycles. The lowest BCUT2D eigenvalue weighted by atomic mass is 10.1. The highest BCUT2D eigenvalue weighted by Crippen LogP contribution is 2.19. The SMILES string of the molecule is O=C(NC1CCNC1)c1ccccc1OCc1ccccc1. The summed E-state index contributed by atoms with van der Waals surface area (Å²) >= 11 is 0. The number of hydrogen-bond donors (Lipinski definition) is 2. The fourth-order valence-electron chi connectivity index (χ4n) is 2.56. The standard InChI is InChI=1S/C18H20N2O2/c21-18(20-15-10-11-19-12-15)16-8-4-5-9-17(16)22-13-14-6-2-1-3-7-14/h1-9,15,19H,10-13H2,(H,20,21). The summed E-state index contributed by atoms with van der Waals surface area (Å²) in [6.07, 6.45) is 0.971. The molecule has 1 saturated heterocycles. The summed E-state index contributed by atoms with van der Waals surface area (Å²) in [5.74, 6) is 0.548. The fourth-order valence-corrected chi connectivity index (χ4v) is 2.56. The van der Waals surface area contributed by atoms with E-state index in [1.807, 2.05) is 48.5 Å². The van der Waals surface area contributed by atoms with Crippen LogP contribution in [-0.4, -0.2) is 25.0 Å². The molecule has 2 aromatic rings. The average molecular weight is 296 g/mol. The van der Waals surface area contributed by atoms with E-state index in [9.17, 15) is 4.79 Å². The minimum Gasteiger partial charge on any atom is -0.488 e. The average Bonchev–Trinajstić information content (AvgIpc) is 3.07. The van der Waals surface area contributed by atoms with E-state index < -0.39 is 0 Å². The van der Waals surface area contributed by atoms with Crippen LogP contribution in [0.2, 0.25) is 0 Å². The molecule has 1 unspecified atom stereocenters. The molecule has 114 valence electrons. The molecule has 0 spiro atoms. The van der Waals surface area contributed by atoms with Crippen LogP contribution in [-0.2, 0) is 6.61 Å². The molecule has 1 fully saturated rings. The van der Waals surface area contributed by atoms with Crippen LogP contribution in [0.1, 0.15) is 22.3 Å². The van der Waals surface area contributed by atoms with Gasteiger partial charge in [0.05, 0.1) is 5.56 Å². The van der Waals surface area contributed by atoms with Gasteiger partial charge < -0.3 is 15.4 Å². The van der Waals surface area contributed by atoms with Crippen molar-refractivity contribution >= 4 is 5.91 Å². The maximum absolute atomic E-state index is 12.4. The Morgan fingerprint density at radius 3 is 2.68 bits per heavy atom. The van der Waals surface area contributed by atoms with Crippen LogP contribution in [0, 0.1) is 0 Å². The zero-order valence-electron chi connectivity index (χ0n) is 12.4. The first-order valence-electron chi connectivity index (χ1n) is 7.60. The van der Waals surface area contributed by atoms with E-state index in [0.29, 0.717) is 17.9 Å². The van der Waals surface area contributed by atoms with Crippen molar-refractivity contribution < 1.29 is 9.53 Å². The first kappa shape index (κ1) is 14.6. The number of ether oxygens (including phenoxy) is 1. The third-order valence-electron chi connectivity index (χ3n) is 3.76. The molecule has 2 aromatic carbocycles. The summed E-state index contributed by atoms with van der Waals surface area (Å²) in [5.41, 5.74) is 1.67. The van der Waals surface area contributed by atoms with Gasteiger partial charge >= 0.3 is 0 Å². The molecular formula is C18H20N2O2. The molecule has 0 radical (unpaired) electrons. The molecule has 3 rings (SSSR count). The maximum Gasteiger partial charge on any atom is 0.255 e. The highest BCUT2D eigenvalue weighted by Gasteiger charge is 2.19. The summed E-state index contributed by atoms with van der Waals surface area (Å²) in [5, 5.41) is 6.30. The molecule has 2 N–H and O–H groups in total. The lowest BCUT2D eigenvalue weighted by Crippen LogP contribution is -2.36. The van der Waals surface area contributed by atoms with Crippen LogP contribution in [0.5, 0.6) is 5.75 Å². The molecule has 4 nitrogen and oxygen atoms in total. The van der Waals surface area contributed by atoms with Crippen molar-refractivity contribution in [3.8, 4) is 5.75 Å². The van der Waals surface area contributed by atoms with Gasteiger partial charge in [-0.05, 0) is 30.7 Å². The van der Waals surface area contributed by atoms with E-state index in [-0.39, 0.29) is 11.9 Å². The van der Waals surface area contributed by atoms with Gasteiger partial charge in [0.15, 0.2) is 0 Å². The molecule has 22 heavy (non-hydrogen) atoms. The maximum atomic E-state index is 12.4. The number of para-hydroxylation sites is 1. The molecule has 0 saturated carbocycles. The largest absolute Gasteiger partial charge is 0.488 e. The quantitative estimate of drug-likeness (QED) is 0.890. The molecule has 1 atom stereocenters. The smallest absolute Gasteiger partial charge is 0.255 e. The molecule has 0 aromatic heterocycles. The van der Waals surface area contributed by atoms with Crippen molar-refractivity contribution in [1.29, 1.82) is 0 Å². The third kappa shape index (κ3) is 3.65. The lowest BCUT2D eigenvalue weighted by Gasteiger charge is -2.14. The van der Waals surface area contributed by atoms with E-state index in [4.69, 9.17) is 4.74 Å². The third-order valence-corrected chi connectivity index (χ3v) is 3.76. The predicted octanol–water partition coefficient (Wildman–Crippen LogP) is 2.36. The van der Waals surface area contributed by atoms with Crippen molar-refractivity contribution in [2.75, 3.05) is 13.1 Å². The van der Waals surface area contributed by atoms with Crippen LogP contribution in [0.25, 0.3) is 0 Å². The Balaban J connectivity index is 1.67. The van der Waals surface area contributed by atoms with Gasteiger partial charge in [-0.1, -0.05) is 42.5 Å². The van der Waals surface area contributed by atoms with Crippen LogP contribution in [0.15, 0.2) is 54.6 Å². The summed E-state index contributed by atoms with van der Waals surface area (Å²) < 4.78 is 5.83. The van der Waals surface area contributed by atoms with Crippen LogP contribution < -0.4 is 15.4 Å². The van der Waals surface area contributed by atoms with Gasteiger partial charge in [-0.2, -0.15) is 0 Å². The predicted molar refractivity (Wildman–Crippen MR) is 86.0 cm³/mol. The van der Waals surface area contributed by atoms with Gasteiger partial charge in [-0.3, -0.25) is 4.79 Å². The Morgan fingerprint density at radius 2 is 1.91 bits per heavy atom. The Bertz CT molecular complexity index is 622. The van der Waals surface area contributed by atoms with Gasteiger partial charge in [-0.15, -0.1) is 0 Å². The van der Waals surface area contributed by atoms with Crippen molar-refractivity contribution in [2.45, 2.75) is 19.1 Å². The Hall–Kier alpha value is -2.33. The first-order chi connectivity index (χ1) is 10.8. The Kier molecular flexibility index (Phi) is 4.71. The number of benzene rings is 2. The minimum absolute atomic E-state index is 0.0719. The number of rotatable bonds is 5. The van der Waals surface area contributed by atoms with Crippen molar-refractivity contribution in [3.63, 3.8) is 0 Å². The van der Waals surface area contributed by atoms with E-state index in [1.54, 1.807) is 6.07 Å². The van der Waals surface area contributed by atoms with Crippen LogP contribution >= 0.6 is 0 Å². The van der Waals surface area contributed by atoms with Gasteiger partial charge in [0, 0.05) is 12.6 Å². The minimum atomic E-state index is -0.0719. The second kappa shape index (κ2) is 7.09. The molecule has 1 amide bonds. The number of amides is 1. The van der Waals surface area contributed by atoms with E-state index in [1.165, 1.54) is 0 Å². The Morgan fingerprint density at radius 1 is 1.14 bits per heavy atom. The number of nitrogens with one attached hydrogen (secondary N) is 2. The normalized spacial score (nSPS) is 17.2. The highest BCUT2D eigenvalue weighted by molar-refractivity contribution is 5.97. The molecule has 1 aliphatic heterocycles. The molecule has 1 aliphatic rings. The highest BCUT2D eigenvalue weighted by atomic mass is 16.5. The van der Waals surface area contributed by atoms with Gasteiger partial charge in [-0.25, -0.2) is 0 Å². The molecule has 0 bridgehead atoms. The lowest BCUT2D eigenvalue weighted by molar-refractivity contribution is 0.0935. The fraction of sp³-hybridized carbons (Fsp3) is 0.278. The molecular weight excluding hydrogens is 276 g/mol. The van der Waals surface area contributed by atoms with E-state index in [0.717, 1.165) is 25.1 Å². The number of hydrogen-bond acceptors (Lipinski definition) is 3. The summed E-state index contributed by atoms with van der Waals surface area (Å²) in [6, 6.07) is 17.5. The second-order valence-electron chi connectivity index (χ2n) is 5.43. The summed E-state index contributed by atoms with van der Waals surface area (Å²) in [6.45, 7) is 2.24. The number of carbonyl (C=O) groups is 1. The second-order valence-corrected chi connectivity index (χ2v) is 5.43. The van der Waals surface area contributed by atoms with Crippen molar-refractivity contribution in [1.82, 2.24) is 10.6 Å². The number of carbonyl (C=O) groups excluding carboxylic acids is 1. The van der Waals surface area contributed by atoms with Gasteiger partial charge in [0.2, 0.25) is 0 Å². The molecule has 4 heteroatoms. The molecule has 1 heterocycles. The van der Waals surface area contributed by atoms with Gasteiger partial charge in [0.1, 0.15) is 12.4 Å². The zero-order valence-corrected chi connectivity index (χ0v) is 12.4. The van der Waals surface area contributed by atoms with E-state index in [2.05, 4.69) is 10.6 Å². The van der Waals surface area contributed by atoms with Gasteiger partial charge in [0.25, 0.3) is 5.91 Å².